The molecule has 8 heteroatoms. The van der Waals surface area contributed by atoms with Gasteiger partial charge in [-0.05, 0) is 18.2 Å². The molecule has 1 aromatic carbocycles. The zero-order valence-electron chi connectivity index (χ0n) is 14.9. The van der Waals surface area contributed by atoms with Crippen molar-refractivity contribution in [2.75, 3.05) is 18.8 Å². The van der Waals surface area contributed by atoms with E-state index in [1.807, 2.05) is 30.5 Å². The molecule has 1 aliphatic heterocycles. The number of rotatable bonds is 4. The van der Waals surface area contributed by atoms with Gasteiger partial charge in [-0.2, -0.15) is 4.98 Å². The van der Waals surface area contributed by atoms with Crippen LogP contribution >= 0.6 is 0 Å². The first-order valence-corrected chi connectivity index (χ1v) is 8.97. The van der Waals surface area contributed by atoms with Crippen LogP contribution in [0.25, 0.3) is 5.65 Å². The average Bonchev–Trinajstić information content (AvgIpc) is 3.03. The maximum atomic E-state index is 13.3. The summed E-state index contributed by atoms with van der Waals surface area (Å²) in [6.07, 6.45) is 3.37. The Balaban J connectivity index is 1.72. The van der Waals surface area contributed by atoms with Crippen molar-refractivity contribution in [3.05, 3.63) is 54.0 Å². The van der Waals surface area contributed by atoms with E-state index in [9.17, 15) is 9.18 Å². The number of benzene rings is 1. The number of halogens is 1. The molecule has 7 nitrogen and oxygen atoms in total. The van der Waals surface area contributed by atoms with E-state index in [-0.39, 0.29) is 23.6 Å². The summed E-state index contributed by atoms with van der Waals surface area (Å²) in [4.78, 5) is 15.8. The van der Waals surface area contributed by atoms with E-state index >= 15 is 0 Å². The molecule has 1 saturated heterocycles. The van der Waals surface area contributed by atoms with Gasteiger partial charge in [0.1, 0.15) is 12.4 Å². The summed E-state index contributed by atoms with van der Waals surface area (Å²) >= 11 is 0. The van der Waals surface area contributed by atoms with Crippen molar-refractivity contribution in [1.29, 1.82) is 0 Å². The Morgan fingerprint density at radius 3 is 2.56 bits per heavy atom. The van der Waals surface area contributed by atoms with Gasteiger partial charge in [-0.3, -0.25) is 9.28 Å². The lowest BCUT2D eigenvalue weighted by atomic mass is 9.93. The minimum atomic E-state index is -0.253. The van der Waals surface area contributed by atoms with Crippen molar-refractivity contribution in [1.82, 2.24) is 19.1 Å². The number of piperidine rings is 1. The molecular weight excluding hydrogens is 347 g/mol. The number of primary amides is 1. The Bertz CT molecular complexity index is 976. The molecule has 1 aliphatic rings. The van der Waals surface area contributed by atoms with Crippen LogP contribution in [0, 0.1) is 11.7 Å². The number of nitrogens with two attached hydrogens (primary N) is 2. The second-order valence-corrected chi connectivity index (χ2v) is 7.21. The molecule has 0 spiro atoms. The van der Waals surface area contributed by atoms with Gasteiger partial charge in [-0.1, -0.05) is 12.1 Å². The number of anilines is 1. The van der Waals surface area contributed by atoms with Crippen molar-refractivity contribution < 1.29 is 9.18 Å². The quantitative estimate of drug-likeness (QED) is 0.686. The van der Waals surface area contributed by atoms with Gasteiger partial charge in [-0.25, -0.2) is 8.91 Å². The Hall–Kier alpha value is -3.00. The molecule has 0 saturated carbocycles. The molecule has 1 fully saturated rings. The molecule has 0 unspecified atom stereocenters. The summed E-state index contributed by atoms with van der Waals surface area (Å²) in [7, 11) is 0. The number of nitrogens with zero attached hydrogens (tertiary/aromatic N) is 4. The topological polar surface area (TPSA) is 99.3 Å². The summed E-state index contributed by atoms with van der Waals surface area (Å²) in [5, 5.41) is 4.21. The third-order valence-electron chi connectivity index (χ3n) is 5.49. The average molecular weight is 369 g/mol. The lowest BCUT2D eigenvalue weighted by Gasteiger charge is -2.42. The second-order valence-electron chi connectivity index (χ2n) is 7.21. The zero-order chi connectivity index (χ0) is 19.0. The molecule has 0 bridgehead atoms. The molecule has 3 heterocycles. The Morgan fingerprint density at radius 2 is 1.89 bits per heavy atom. The number of nitrogen functional groups attached to an aromatic ring is 1. The fraction of sp³-hybridized carbons (Fsp3) is 0.316. The first-order valence-electron chi connectivity index (χ1n) is 8.97. The first kappa shape index (κ1) is 17.4. The van der Waals surface area contributed by atoms with Crippen molar-refractivity contribution in [3.63, 3.8) is 0 Å². The van der Waals surface area contributed by atoms with Crippen LogP contribution in [0.5, 0.6) is 0 Å². The zero-order valence-corrected chi connectivity index (χ0v) is 14.9. The summed E-state index contributed by atoms with van der Waals surface area (Å²) in [5.41, 5.74) is 14.0. The highest BCUT2D eigenvalue weighted by Crippen LogP contribution is 2.33. The highest BCUT2D eigenvalue weighted by Gasteiger charge is 2.38. The molecule has 1 amide bonds. The summed E-state index contributed by atoms with van der Waals surface area (Å²) in [6.45, 7) is 2.22. The first-order chi connectivity index (χ1) is 12.9. The minimum Gasteiger partial charge on any atom is -0.369 e. The standard InChI is InChI=1S/C19H21FN6O/c20-15-3-1-13(2-4-15)12-26(9-7-14(8-10-26)18(21)27)16-5-6-17-23-19(22)24-25(17)11-16/h1-6,11,14H,7-10,12H2,(H3-,21,22,24,27)/p+1. The van der Waals surface area contributed by atoms with Gasteiger partial charge >= 0.3 is 0 Å². The highest BCUT2D eigenvalue weighted by molar-refractivity contribution is 5.76. The van der Waals surface area contributed by atoms with E-state index < -0.39 is 0 Å². The molecule has 140 valence electrons. The fourth-order valence-electron chi connectivity index (χ4n) is 3.96. The smallest absolute Gasteiger partial charge is 0.240 e. The predicted octanol–water partition coefficient (Wildman–Crippen LogP) is 1.85. The van der Waals surface area contributed by atoms with Crippen molar-refractivity contribution in [2.24, 2.45) is 11.7 Å². The Morgan fingerprint density at radius 1 is 1.19 bits per heavy atom. The maximum absolute atomic E-state index is 13.3. The van der Waals surface area contributed by atoms with E-state index in [4.69, 9.17) is 11.5 Å². The molecule has 0 atom stereocenters. The number of likely N-dealkylation sites (tertiary alicyclic amines) is 1. The number of fused-ring (bicyclic) bond motifs is 1. The van der Waals surface area contributed by atoms with Crippen LogP contribution in [-0.4, -0.2) is 33.6 Å². The Labute approximate surface area is 156 Å². The monoisotopic (exact) mass is 369 g/mol. The van der Waals surface area contributed by atoms with Crippen LogP contribution in [0.4, 0.5) is 16.0 Å². The van der Waals surface area contributed by atoms with Crippen LogP contribution in [0.1, 0.15) is 18.4 Å². The van der Waals surface area contributed by atoms with Gasteiger partial charge in [0.2, 0.25) is 11.9 Å². The van der Waals surface area contributed by atoms with E-state index in [0.29, 0.717) is 29.5 Å². The minimum absolute atomic E-state index is 0.102. The normalized spacial score (nSPS) is 22.8. The molecule has 2 aromatic heterocycles. The van der Waals surface area contributed by atoms with E-state index in [1.54, 1.807) is 4.52 Å². The molecule has 4 rings (SSSR count). The SMILES string of the molecule is NC(=O)C1CC[N+](Cc2ccc(F)cc2)(c2ccc3nc(N)nn3c2)CC1. The lowest BCUT2D eigenvalue weighted by Crippen LogP contribution is -2.55. The van der Waals surface area contributed by atoms with Crippen LogP contribution in [0.2, 0.25) is 0 Å². The molecular formula is C19H22FN6O+. The number of pyridine rings is 1. The number of aromatic nitrogens is 3. The maximum Gasteiger partial charge on any atom is 0.240 e. The molecule has 0 radical (unpaired) electrons. The van der Waals surface area contributed by atoms with E-state index in [1.165, 1.54) is 12.1 Å². The van der Waals surface area contributed by atoms with Crippen molar-refractivity contribution >= 4 is 23.2 Å². The van der Waals surface area contributed by atoms with Crippen molar-refractivity contribution in [2.45, 2.75) is 19.4 Å². The molecule has 3 aromatic rings. The van der Waals surface area contributed by atoms with E-state index in [0.717, 1.165) is 24.3 Å². The summed E-state index contributed by atoms with van der Waals surface area (Å²) < 4.78 is 15.6. The number of hydrogen-bond acceptors (Lipinski definition) is 4. The number of amides is 1. The van der Waals surface area contributed by atoms with E-state index in [2.05, 4.69) is 10.1 Å². The molecule has 4 N–H and O–H groups in total. The van der Waals surface area contributed by atoms with Crippen LogP contribution in [0.3, 0.4) is 0 Å². The lowest BCUT2D eigenvalue weighted by molar-refractivity contribution is -0.123. The third-order valence-corrected chi connectivity index (χ3v) is 5.49. The van der Waals surface area contributed by atoms with Gasteiger partial charge in [0.05, 0.1) is 19.3 Å². The van der Waals surface area contributed by atoms with Crippen LogP contribution in [0.15, 0.2) is 42.6 Å². The number of quaternary nitrogens is 1. The van der Waals surface area contributed by atoms with Crippen LogP contribution < -0.4 is 16.0 Å². The van der Waals surface area contributed by atoms with Gasteiger partial charge < -0.3 is 11.5 Å². The van der Waals surface area contributed by atoms with Crippen LogP contribution in [-0.2, 0) is 11.3 Å². The second kappa shape index (κ2) is 6.62. The van der Waals surface area contributed by atoms with Gasteiger partial charge in [0, 0.05) is 30.4 Å². The predicted molar refractivity (Wildman–Crippen MR) is 101 cm³/mol. The third kappa shape index (κ3) is 3.35. The number of hydrogen-bond donors (Lipinski definition) is 2. The largest absolute Gasteiger partial charge is 0.369 e. The number of carbonyl (C=O) groups excluding carboxylic acids is 1. The highest BCUT2D eigenvalue weighted by atomic mass is 19.1. The van der Waals surface area contributed by atoms with Gasteiger partial charge in [0.15, 0.2) is 11.3 Å². The van der Waals surface area contributed by atoms with Crippen molar-refractivity contribution in [3.8, 4) is 0 Å². The molecule has 0 aliphatic carbocycles. The Kier molecular flexibility index (Phi) is 4.27. The van der Waals surface area contributed by atoms with Gasteiger partial charge in [0.25, 0.3) is 0 Å². The fourth-order valence-corrected chi connectivity index (χ4v) is 3.96. The molecule has 27 heavy (non-hydrogen) atoms. The summed E-state index contributed by atoms with van der Waals surface area (Å²) in [6, 6.07) is 10.5. The number of carbonyl (C=O) groups is 1. The van der Waals surface area contributed by atoms with Gasteiger partial charge in [-0.15, -0.1) is 5.10 Å². The summed E-state index contributed by atoms with van der Waals surface area (Å²) in [5.74, 6) is -0.369.